The molecular formula is C16H12N2S. The summed E-state index contributed by atoms with van der Waals surface area (Å²) in [5.74, 6) is 0. The Balaban J connectivity index is 2.05. The predicted molar refractivity (Wildman–Crippen MR) is 79.1 cm³/mol. The number of hydrogen-bond acceptors (Lipinski definition) is 3. The van der Waals surface area contributed by atoms with E-state index in [9.17, 15) is 0 Å². The highest BCUT2D eigenvalue weighted by Crippen LogP contribution is 2.27. The van der Waals surface area contributed by atoms with Gasteiger partial charge in [-0.25, -0.2) is 4.98 Å². The number of aromatic nitrogens is 1. The van der Waals surface area contributed by atoms with Crippen LogP contribution >= 0.6 is 11.3 Å². The lowest BCUT2D eigenvalue weighted by Crippen LogP contribution is -1.82. The van der Waals surface area contributed by atoms with Crippen molar-refractivity contribution >= 4 is 22.1 Å². The quantitative estimate of drug-likeness (QED) is 0.690. The van der Waals surface area contributed by atoms with Crippen LogP contribution in [0.2, 0.25) is 0 Å². The molecule has 0 bridgehead atoms. The Morgan fingerprint density at radius 1 is 1.16 bits per heavy atom. The van der Waals surface area contributed by atoms with Gasteiger partial charge in [0.05, 0.1) is 18.2 Å². The van der Waals surface area contributed by atoms with Crippen LogP contribution in [-0.2, 0) is 6.42 Å². The Kier molecular flexibility index (Phi) is 3.02. The Bertz CT molecular complexity index is 781. The van der Waals surface area contributed by atoms with Crippen molar-refractivity contribution in [1.82, 2.24) is 4.98 Å². The average molecular weight is 264 g/mol. The molecule has 2 aromatic carbocycles. The summed E-state index contributed by atoms with van der Waals surface area (Å²) in [6.07, 6.45) is 0.378. The average Bonchev–Trinajstić information content (AvgIpc) is 2.87. The molecule has 1 heterocycles. The highest BCUT2D eigenvalue weighted by molar-refractivity contribution is 7.13. The number of thiazole rings is 1. The molecular weight excluding hydrogens is 252 g/mol. The monoisotopic (exact) mass is 264 g/mol. The summed E-state index contributed by atoms with van der Waals surface area (Å²) in [5, 5.41) is 14.1. The van der Waals surface area contributed by atoms with Crippen molar-refractivity contribution in [3.63, 3.8) is 0 Å². The number of aryl methyl sites for hydroxylation is 1. The molecule has 2 nitrogen and oxygen atoms in total. The molecule has 0 N–H and O–H groups in total. The van der Waals surface area contributed by atoms with Crippen molar-refractivity contribution in [2.45, 2.75) is 13.3 Å². The highest BCUT2D eigenvalue weighted by Gasteiger charge is 2.05. The summed E-state index contributed by atoms with van der Waals surface area (Å²) in [4.78, 5) is 4.49. The molecule has 0 fully saturated rings. The van der Waals surface area contributed by atoms with E-state index in [0.29, 0.717) is 6.42 Å². The molecule has 0 aliphatic carbocycles. The van der Waals surface area contributed by atoms with Gasteiger partial charge in [-0.05, 0) is 23.8 Å². The number of hydrogen-bond donors (Lipinski definition) is 0. The predicted octanol–water partition coefficient (Wildman–Crippen LogP) is 4.34. The molecule has 92 valence electrons. The zero-order valence-corrected chi connectivity index (χ0v) is 11.4. The summed E-state index contributed by atoms with van der Waals surface area (Å²) < 4.78 is 0. The largest absolute Gasteiger partial charge is 0.240 e. The zero-order chi connectivity index (χ0) is 13.2. The third kappa shape index (κ3) is 2.35. The lowest BCUT2D eigenvalue weighted by atomic mass is 10.1. The van der Waals surface area contributed by atoms with Crippen LogP contribution in [0.5, 0.6) is 0 Å². The van der Waals surface area contributed by atoms with E-state index in [-0.39, 0.29) is 0 Å². The Hall–Kier alpha value is -2.18. The Morgan fingerprint density at radius 3 is 2.79 bits per heavy atom. The minimum absolute atomic E-state index is 0.378. The first-order chi connectivity index (χ1) is 9.26. The van der Waals surface area contributed by atoms with Gasteiger partial charge < -0.3 is 0 Å². The fourth-order valence-corrected chi connectivity index (χ4v) is 2.92. The number of benzene rings is 2. The van der Waals surface area contributed by atoms with Crippen molar-refractivity contribution in [3.05, 3.63) is 53.0 Å². The van der Waals surface area contributed by atoms with E-state index >= 15 is 0 Å². The van der Waals surface area contributed by atoms with Gasteiger partial charge in [0.2, 0.25) is 0 Å². The number of nitriles is 1. The third-order valence-corrected chi connectivity index (χ3v) is 3.99. The third-order valence-electron chi connectivity index (χ3n) is 3.05. The van der Waals surface area contributed by atoms with Crippen molar-refractivity contribution in [1.29, 1.82) is 5.26 Å². The summed E-state index contributed by atoms with van der Waals surface area (Å²) in [6.45, 7) is 2.10. The van der Waals surface area contributed by atoms with Gasteiger partial charge in [0.25, 0.3) is 0 Å². The smallest absolute Gasteiger partial charge is 0.123 e. The van der Waals surface area contributed by atoms with Crippen molar-refractivity contribution in [2.75, 3.05) is 0 Å². The number of fused-ring (bicyclic) bond motifs is 1. The van der Waals surface area contributed by atoms with Gasteiger partial charge in [-0.2, -0.15) is 5.26 Å². The standard InChI is InChI=1S/C16H12N2S/c1-11-2-3-13-9-14(5-4-12(13)8-11)16-18-15(6-7-17)10-19-16/h2-5,8-10H,6H2,1H3. The maximum Gasteiger partial charge on any atom is 0.123 e. The molecule has 0 saturated heterocycles. The van der Waals surface area contributed by atoms with Crippen molar-refractivity contribution < 1.29 is 0 Å². The second-order valence-electron chi connectivity index (χ2n) is 4.54. The molecule has 0 atom stereocenters. The van der Waals surface area contributed by atoms with Crippen molar-refractivity contribution in [2.24, 2.45) is 0 Å². The van der Waals surface area contributed by atoms with Crippen LogP contribution in [0.3, 0.4) is 0 Å². The topological polar surface area (TPSA) is 36.7 Å². The van der Waals surface area contributed by atoms with Gasteiger partial charge in [-0.3, -0.25) is 0 Å². The Labute approximate surface area is 116 Å². The summed E-state index contributed by atoms with van der Waals surface area (Å²) in [6, 6.07) is 14.9. The van der Waals surface area contributed by atoms with E-state index in [4.69, 9.17) is 5.26 Å². The Morgan fingerprint density at radius 2 is 1.95 bits per heavy atom. The van der Waals surface area contributed by atoms with Gasteiger partial charge in [-0.1, -0.05) is 35.9 Å². The van der Waals surface area contributed by atoms with Crippen LogP contribution in [0.1, 0.15) is 11.3 Å². The van der Waals surface area contributed by atoms with Gasteiger partial charge in [0.1, 0.15) is 5.01 Å². The van der Waals surface area contributed by atoms with Crippen LogP contribution in [0.4, 0.5) is 0 Å². The molecule has 0 unspecified atom stereocenters. The van der Waals surface area contributed by atoms with E-state index < -0.39 is 0 Å². The second kappa shape index (κ2) is 4.83. The highest BCUT2D eigenvalue weighted by atomic mass is 32.1. The molecule has 0 aliphatic heterocycles. The minimum Gasteiger partial charge on any atom is -0.240 e. The summed E-state index contributed by atoms with van der Waals surface area (Å²) >= 11 is 1.59. The fourth-order valence-electron chi connectivity index (χ4n) is 2.10. The molecule has 0 saturated carbocycles. The molecule has 3 rings (SSSR count). The minimum atomic E-state index is 0.378. The maximum atomic E-state index is 8.68. The van der Waals surface area contributed by atoms with E-state index in [1.54, 1.807) is 11.3 Å². The summed E-state index contributed by atoms with van der Waals surface area (Å²) in [7, 11) is 0. The van der Waals surface area contributed by atoms with Gasteiger partial charge in [0, 0.05) is 10.9 Å². The van der Waals surface area contributed by atoms with Crippen LogP contribution in [0.15, 0.2) is 41.8 Å². The molecule has 1 aromatic heterocycles. The molecule has 3 aromatic rings. The second-order valence-corrected chi connectivity index (χ2v) is 5.40. The van der Waals surface area contributed by atoms with E-state index in [2.05, 4.69) is 54.4 Å². The number of rotatable bonds is 2. The molecule has 0 aliphatic rings. The van der Waals surface area contributed by atoms with E-state index in [1.165, 1.54) is 16.3 Å². The fraction of sp³-hybridized carbons (Fsp3) is 0.125. The van der Waals surface area contributed by atoms with E-state index in [1.807, 2.05) is 5.38 Å². The SMILES string of the molecule is Cc1ccc2cc(-c3nc(CC#N)cs3)ccc2c1. The molecule has 3 heteroatoms. The molecule has 0 amide bonds. The normalized spacial score (nSPS) is 10.5. The van der Waals surface area contributed by atoms with Gasteiger partial charge in [0.15, 0.2) is 0 Å². The first-order valence-electron chi connectivity index (χ1n) is 6.08. The summed E-state index contributed by atoms with van der Waals surface area (Å²) in [5.41, 5.74) is 3.24. The van der Waals surface area contributed by atoms with Gasteiger partial charge in [-0.15, -0.1) is 11.3 Å². The first-order valence-corrected chi connectivity index (χ1v) is 6.96. The lowest BCUT2D eigenvalue weighted by Gasteiger charge is -2.02. The molecule has 0 radical (unpaired) electrons. The number of nitrogens with zero attached hydrogens (tertiary/aromatic N) is 2. The van der Waals surface area contributed by atoms with Crippen LogP contribution in [-0.4, -0.2) is 4.98 Å². The van der Waals surface area contributed by atoms with Crippen molar-refractivity contribution in [3.8, 4) is 16.6 Å². The zero-order valence-electron chi connectivity index (χ0n) is 10.6. The lowest BCUT2D eigenvalue weighted by molar-refractivity contribution is 1.16. The van der Waals surface area contributed by atoms with Crippen LogP contribution in [0.25, 0.3) is 21.3 Å². The first kappa shape index (κ1) is 11.9. The van der Waals surface area contributed by atoms with Crippen LogP contribution in [0, 0.1) is 18.3 Å². The van der Waals surface area contributed by atoms with Gasteiger partial charge >= 0.3 is 0 Å². The van der Waals surface area contributed by atoms with Crippen LogP contribution < -0.4 is 0 Å². The van der Waals surface area contributed by atoms with E-state index in [0.717, 1.165) is 16.3 Å². The molecule has 19 heavy (non-hydrogen) atoms. The maximum absolute atomic E-state index is 8.68. The molecule has 0 spiro atoms.